The van der Waals surface area contributed by atoms with Gasteiger partial charge in [0, 0.05) is 13.1 Å². The molecule has 1 aliphatic heterocycles. The zero-order valence-corrected chi connectivity index (χ0v) is 12.0. The van der Waals surface area contributed by atoms with Crippen molar-refractivity contribution in [1.82, 2.24) is 15.1 Å². The number of rotatable bonds is 2. The number of aromatic nitrogens is 2. The van der Waals surface area contributed by atoms with E-state index >= 15 is 0 Å². The molecule has 7 heteroatoms. The van der Waals surface area contributed by atoms with Gasteiger partial charge >= 0.3 is 12.0 Å². The van der Waals surface area contributed by atoms with Crippen LogP contribution in [-0.4, -0.2) is 45.3 Å². The third-order valence-electron chi connectivity index (χ3n) is 4.03. The molecule has 20 heavy (non-hydrogen) atoms. The molecule has 0 saturated carbocycles. The van der Waals surface area contributed by atoms with Crippen molar-refractivity contribution in [3.8, 4) is 0 Å². The van der Waals surface area contributed by atoms with Crippen LogP contribution in [0, 0.1) is 19.3 Å². The molecule has 2 rings (SSSR count). The van der Waals surface area contributed by atoms with Crippen LogP contribution in [0.2, 0.25) is 0 Å². The second-order valence-corrected chi connectivity index (χ2v) is 5.59. The number of hydrogen-bond donors (Lipinski definition) is 3. The average Bonchev–Trinajstić information content (AvgIpc) is 2.71. The van der Waals surface area contributed by atoms with E-state index in [-0.39, 0.29) is 6.03 Å². The van der Waals surface area contributed by atoms with Crippen molar-refractivity contribution in [2.45, 2.75) is 33.6 Å². The minimum atomic E-state index is -0.793. The number of anilines is 1. The lowest BCUT2D eigenvalue weighted by Crippen LogP contribution is -2.46. The molecule has 0 aromatic carbocycles. The van der Waals surface area contributed by atoms with Crippen molar-refractivity contribution < 1.29 is 14.7 Å². The molecule has 1 aromatic heterocycles. The molecule has 2 amide bonds. The van der Waals surface area contributed by atoms with E-state index in [1.165, 1.54) is 0 Å². The fourth-order valence-electron chi connectivity index (χ4n) is 2.34. The maximum Gasteiger partial charge on any atom is 0.321 e. The number of amides is 2. The zero-order chi connectivity index (χ0) is 14.9. The minimum absolute atomic E-state index is 0.204. The Kier molecular flexibility index (Phi) is 3.69. The largest absolute Gasteiger partial charge is 0.481 e. The van der Waals surface area contributed by atoms with E-state index in [9.17, 15) is 14.7 Å². The zero-order valence-electron chi connectivity index (χ0n) is 12.0. The maximum absolute atomic E-state index is 12.2. The number of H-pyrrole nitrogens is 1. The summed E-state index contributed by atoms with van der Waals surface area (Å²) in [5, 5.41) is 18.8. The number of hydrogen-bond acceptors (Lipinski definition) is 3. The van der Waals surface area contributed by atoms with E-state index in [2.05, 4.69) is 15.5 Å². The fraction of sp³-hybridized carbons (Fsp3) is 0.615. The van der Waals surface area contributed by atoms with Crippen molar-refractivity contribution in [3.05, 3.63) is 11.4 Å². The summed E-state index contributed by atoms with van der Waals surface area (Å²) >= 11 is 0. The van der Waals surface area contributed by atoms with Crippen LogP contribution in [-0.2, 0) is 4.79 Å². The van der Waals surface area contributed by atoms with Gasteiger partial charge in [0.25, 0.3) is 0 Å². The van der Waals surface area contributed by atoms with Gasteiger partial charge in [-0.05, 0) is 33.6 Å². The van der Waals surface area contributed by atoms with Gasteiger partial charge in [-0.2, -0.15) is 5.10 Å². The Labute approximate surface area is 117 Å². The number of carboxylic acids is 1. The topological polar surface area (TPSA) is 98.3 Å². The number of aryl methyl sites for hydroxylation is 2. The third kappa shape index (κ3) is 2.61. The number of carboxylic acid groups (broad SMARTS) is 1. The van der Waals surface area contributed by atoms with Crippen LogP contribution >= 0.6 is 0 Å². The number of aliphatic carboxylic acids is 1. The molecule has 1 fully saturated rings. The van der Waals surface area contributed by atoms with Crippen LogP contribution < -0.4 is 5.32 Å². The second-order valence-electron chi connectivity index (χ2n) is 5.59. The molecule has 7 nitrogen and oxygen atoms in total. The number of carbonyl (C=O) groups excluding carboxylic acids is 1. The van der Waals surface area contributed by atoms with Crippen molar-refractivity contribution in [1.29, 1.82) is 0 Å². The lowest BCUT2D eigenvalue weighted by atomic mass is 9.80. The molecule has 110 valence electrons. The molecule has 1 aromatic rings. The molecule has 3 N–H and O–H groups in total. The molecule has 0 aliphatic carbocycles. The Morgan fingerprint density at radius 2 is 1.95 bits per heavy atom. The molecule has 0 spiro atoms. The molecule has 0 radical (unpaired) electrons. The quantitative estimate of drug-likeness (QED) is 0.768. The van der Waals surface area contributed by atoms with Gasteiger partial charge in [-0.25, -0.2) is 4.79 Å². The summed E-state index contributed by atoms with van der Waals surface area (Å²) in [7, 11) is 0. The third-order valence-corrected chi connectivity index (χ3v) is 4.03. The first-order valence-corrected chi connectivity index (χ1v) is 6.64. The number of carbonyl (C=O) groups is 2. The van der Waals surface area contributed by atoms with Gasteiger partial charge in [0.15, 0.2) is 0 Å². The van der Waals surface area contributed by atoms with Gasteiger partial charge in [0.2, 0.25) is 0 Å². The first-order valence-electron chi connectivity index (χ1n) is 6.64. The van der Waals surface area contributed by atoms with Crippen LogP contribution in [0.25, 0.3) is 0 Å². The van der Waals surface area contributed by atoms with E-state index in [0.29, 0.717) is 31.6 Å². The summed E-state index contributed by atoms with van der Waals surface area (Å²) in [4.78, 5) is 25.0. The summed E-state index contributed by atoms with van der Waals surface area (Å²) in [5.74, 6) is -0.793. The highest BCUT2D eigenvalue weighted by Crippen LogP contribution is 2.31. The Balaban J connectivity index is 1.98. The Bertz CT molecular complexity index is 510. The van der Waals surface area contributed by atoms with E-state index in [4.69, 9.17) is 0 Å². The van der Waals surface area contributed by atoms with Gasteiger partial charge in [-0.1, -0.05) is 0 Å². The standard InChI is InChI=1S/C13H20N4O3/c1-8-10(9(2)16-15-8)14-12(20)17-6-4-13(3,5-7-17)11(18)19/h4-7H2,1-3H3,(H,14,20)(H,15,16)(H,18,19). The first-order chi connectivity index (χ1) is 9.33. The Morgan fingerprint density at radius 1 is 1.35 bits per heavy atom. The summed E-state index contributed by atoms with van der Waals surface area (Å²) in [6, 6.07) is -0.204. The highest BCUT2D eigenvalue weighted by Gasteiger charge is 2.38. The Hall–Kier alpha value is -2.05. The molecule has 0 unspecified atom stereocenters. The van der Waals surface area contributed by atoms with Crippen LogP contribution in [0.1, 0.15) is 31.2 Å². The van der Waals surface area contributed by atoms with Crippen molar-refractivity contribution in [2.24, 2.45) is 5.41 Å². The molecule has 0 bridgehead atoms. The molecular formula is C13H20N4O3. The van der Waals surface area contributed by atoms with E-state index < -0.39 is 11.4 Å². The smallest absolute Gasteiger partial charge is 0.321 e. The predicted molar refractivity (Wildman–Crippen MR) is 73.6 cm³/mol. The summed E-state index contributed by atoms with van der Waals surface area (Å²) in [6.07, 6.45) is 0.943. The van der Waals surface area contributed by atoms with Gasteiger partial charge in [-0.15, -0.1) is 0 Å². The monoisotopic (exact) mass is 280 g/mol. The number of nitrogens with zero attached hydrogens (tertiary/aromatic N) is 2. The fourth-order valence-corrected chi connectivity index (χ4v) is 2.34. The van der Waals surface area contributed by atoms with Gasteiger partial charge < -0.3 is 15.3 Å². The molecule has 1 aliphatic rings. The normalized spacial score (nSPS) is 17.9. The van der Waals surface area contributed by atoms with Gasteiger partial charge in [-0.3, -0.25) is 9.89 Å². The highest BCUT2D eigenvalue weighted by molar-refractivity contribution is 5.90. The molecular weight excluding hydrogens is 260 g/mol. The Morgan fingerprint density at radius 3 is 2.40 bits per heavy atom. The number of nitrogens with one attached hydrogen (secondary N) is 2. The number of piperidine rings is 1. The molecule has 2 heterocycles. The number of urea groups is 1. The lowest BCUT2D eigenvalue weighted by molar-refractivity contribution is -0.150. The molecule has 0 atom stereocenters. The van der Waals surface area contributed by atoms with Gasteiger partial charge in [0.1, 0.15) is 0 Å². The van der Waals surface area contributed by atoms with Crippen LogP contribution in [0.15, 0.2) is 0 Å². The summed E-state index contributed by atoms with van der Waals surface area (Å²) < 4.78 is 0. The molecule has 1 saturated heterocycles. The maximum atomic E-state index is 12.2. The van der Waals surface area contributed by atoms with E-state index in [0.717, 1.165) is 11.4 Å². The predicted octanol–water partition coefficient (Wildman–Crippen LogP) is 1.75. The van der Waals surface area contributed by atoms with Crippen molar-refractivity contribution in [3.63, 3.8) is 0 Å². The average molecular weight is 280 g/mol. The number of aromatic amines is 1. The van der Waals surface area contributed by atoms with Crippen LogP contribution in [0.4, 0.5) is 10.5 Å². The van der Waals surface area contributed by atoms with Crippen molar-refractivity contribution >= 4 is 17.7 Å². The first kappa shape index (κ1) is 14.4. The summed E-state index contributed by atoms with van der Waals surface area (Å²) in [5.41, 5.74) is 1.52. The SMILES string of the molecule is Cc1n[nH]c(C)c1NC(=O)N1CCC(C)(C(=O)O)CC1. The summed E-state index contributed by atoms with van der Waals surface area (Å²) in [6.45, 7) is 6.29. The van der Waals surface area contributed by atoms with Crippen LogP contribution in [0.3, 0.4) is 0 Å². The van der Waals surface area contributed by atoms with E-state index in [1.807, 2.05) is 13.8 Å². The van der Waals surface area contributed by atoms with Gasteiger partial charge in [0.05, 0.1) is 22.5 Å². The second kappa shape index (κ2) is 5.15. The highest BCUT2D eigenvalue weighted by atomic mass is 16.4. The van der Waals surface area contributed by atoms with Crippen molar-refractivity contribution in [2.75, 3.05) is 18.4 Å². The van der Waals surface area contributed by atoms with E-state index in [1.54, 1.807) is 11.8 Å². The van der Waals surface area contributed by atoms with Crippen LogP contribution in [0.5, 0.6) is 0 Å². The number of likely N-dealkylation sites (tertiary alicyclic amines) is 1. The minimum Gasteiger partial charge on any atom is -0.481 e. The lowest BCUT2D eigenvalue weighted by Gasteiger charge is -2.36.